The minimum atomic E-state index is 0.487. The van der Waals surface area contributed by atoms with Crippen LogP contribution >= 0.6 is 0 Å². The van der Waals surface area contributed by atoms with E-state index in [-0.39, 0.29) is 0 Å². The van der Waals surface area contributed by atoms with Crippen molar-refractivity contribution in [3.63, 3.8) is 0 Å². The summed E-state index contributed by atoms with van der Waals surface area (Å²) in [4.78, 5) is 16.2. The van der Waals surface area contributed by atoms with E-state index in [9.17, 15) is 0 Å². The molecule has 1 heterocycles. The Morgan fingerprint density at radius 2 is 1.69 bits per heavy atom. The van der Waals surface area contributed by atoms with Gasteiger partial charge in [0.2, 0.25) is 0 Å². The highest BCUT2D eigenvalue weighted by Gasteiger charge is 2.04. The first-order valence-corrected chi connectivity index (χ1v) is 3.99. The molecule has 0 amide bonds. The molecule has 0 saturated carbocycles. The van der Waals surface area contributed by atoms with E-state index in [4.69, 9.17) is 0 Å². The minimum absolute atomic E-state index is 0.487. The fourth-order valence-electron chi connectivity index (χ4n) is 0.894. The van der Waals surface area contributed by atoms with Gasteiger partial charge in [0.25, 0.3) is 0 Å². The van der Waals surface area contributed by atoms with E-state index in [1.54, 1.807) is 6.21 Å². The maximum atomic E-state index is 4.24. The van der Waals surface area contributed by atoms with Crippen molar-refractivity contribution in [1.29, 1.82) is 0 Å². The molecule has 0 bridgehead atoms. The number of rotatable bonds is 2. The quantitative estimate of drug-likeness (QED) is 0.648. The monoisotopic (exact) mass is 176 g/mol. The molecule has 0 unspecified atom stereocenters. The molecule has 0 atom stereocenters. The third-order valence-corrected chi connectivity index (χ3v) is 1.67. The molecule has 1 aromatic rings. The Morgan fingerprint density at radius 3 is 2.15 bits per heavy atom. The van der Waals surface area contributed by atoms with Crippen LogP contribution in [0.4, 0.5) is 11.6 Å². The molecule has 0 fully saturated rings. The molecule has 1 aromatic heterocycles. The van der Waals surface area contributed by atoms with E-state index in [0.29, 0.717) is 11.6 Å². The Labute approximate surface area is 77.5 Å². The fraction of sp³-hybridized carbons (Fsp3) is 0.333. The van der Waals surface area contributed by atoms with Crippen LogP contribution < -0.4 is 0 Å². The molecule has 0 aliphatic rings. The van der Waals surface area contributed by atoms with Crippen molar-refractivity contribution in [3.8, 4) is 0 Å². The lowest BCUT2D eigenvalue weighted by molar-refractivity contribution is 1.04. The van der Waals surface area contributed by atoms with Crippen LogP contribution in [0, 0.1) is 13.8 Å². The summed E-state index contributed by atoms with van der Waals surface area (Å²) in [5, 5.41) is 0. The Bertz CT molecular complexity index is 355. The molecule has 0 N–H and O–H groups in total. The van der Waals surface area contributed by atoms with Crippen molar-refractivity contribution in [3.05, 3.63) is 11.4 Å². The van der Waals surface area contributed by atoms with Gasteiger partial charge in [0.1, 0.15) is 0 Å². The highest BCUT2D eigenvalue weighted by atomic mass is 15.0. The number of aliphatic imine (C=N–C) groups is 2. The molecule has 13 heavy (non-hydrogen) atoms. The van der Waals surface area contributed by atoms with Crippen LogP contribution in [0.3, 0.4) is 0 Å². The summed E-state index contributed by atoms with van der Waals surface area (Å²) in [5.41, 5.74) is 1.73. The average molecular weight is 176 g/mol. The van der Waals surface area contributed by atoms with E-state index in [0.717, 1.165) is 11.4 Å². The standard InChI is InChI=1S/C9H12N4/c1-5-11-9-8(10-4)12-6(2)7(3)13-9/h5H,4H2,1-3H3/b11-5-. The normalized spacial score (nSPS) is 10.7. The zero-order valence-electron chi connectivity index (χ0n) is 8.07. The largest absolute Gasteiger partial charge is 0.242 e. The smallest absolute Gasteiger partial charge is 0.197 e. The van der Waals surface area contributed by atoms with Crippen LogP contribution in [0.5, 0.6) is 0 Å². The van der Waals surface area contributed by atoms with Crippen LogP contribution in [-0.4, -0.2) is 22.9 Å². The van der Waals surface area contributed by atoms with Gasteiger partial charge in [0.15, 0.2) is 11.6 Å². The number of hydrogen-bond acceptors (Lipinski definition) is 4. The van der Waals surface area contributed by atoms with Gasteiger partial charge in [0, 0.05) is 6.21 Å². The summed E-state index contributed by atoms with van der Waals surface area (Å²) in [6, 6.07) is 0. The average Bonchev–Trinajstić information content (AvgIpc) is 2.11. The van der Waals surface area contributed by atoms with Crippen molar-refractivity contribution in [2.75, 3.05) is 0 Å². The van der Waals surface area contributed by atoms with Crippen LogP contribution in [0.15, 0.2) is 9.98 Å². The molecule has 0 aliphatic carbocycles. The SMILES string of the molecule is C=Nc1nc(C)c(C)nc1/N=C\C. The predicted molar refractivity (Wildman–Crippen MR) is 54.5 cm³/mol. The van der Waals surface area contributed by atoms with Crippen molar-refractivity contribution in [2.45, 2.75) is 20.8 Å². The van der Waals surface area contributed by atoms with E-state index in [1.807, 2.05) is 20.8 Å². The van der Waals surface area contributed by atoms with Crippen LogP contribution in [-0.2, 0) is 0 Å². The zero-order chi connectivity index (χ0) is 9.84. The summed E-state index contributed by atoms with van der Waals surface area (Å²) in [6.45, 7) is 9.02. The molecular weight excluding hydrogens is 164 g/mol. The van der Waals surface area contributed by atoms with Gasteiger partial charge >= 0.3 is 0 Å². The topological polar surface area (TPSA) is 50.5 Å². The van der Waals surface area contributed by atoms with Crippen LogP contribution in [0.1, 0.15) is 18.3 Å². The third-order valence-electron chi connectivity index (χ3n) is 1.67. The molecule has 4 heteroatoms. The molecule has 4 nitrogen and oxygen atoms in total. The number of aromatic nitrogens is 2. The van der Waals surface area contributed by atoms with Crippen LogP contribution in [0.25, 0.3) is 0 Å². The highest BCUT2D eigenvalue weighted by Crippen LogP contribution is 2.23. The first kappa shape index (κ1) is 9.51. The lowest BCUT2D eigenvalue weighted by Gasteiger charge is -2.02. The summed E-state index contributed by atoms with van der Waals surface area (Å²) in [5.74, 6) is 1.02. The third kappa shape index (κ3) is 1.96. The number of hydrogen-bond donors (Lipinski definition) is 0. The van der Waals surface area contributed by atoms with Gasteiger partial charge in [0.05, 0.1) is 11.4 Å². The molecule has 0 aliphatic heterocycles. The predicted octanol–water partition coefficient (Wildman–Crippen LogP) is 2.15. The second-order valence-electron chi connectivity index (χ2n) is 2.59. The highest BCUT2D eigenvalue weighted by molar-refractivity contribution is 5.65. The molecule has 0 spiro atoms. The lowest BCUT2D eigenvalue weighted by Crippen LogP contribution is -1.91. The molecule has 0 saturated heterocycles. The Balaban J connectivity index is 3.32. The Hall–Kier alpha value is -1.58. The van der Waals surface area contributed by atoms with E-state index in [1.165, 1.54) is 0 Å². The van der Waals surface area contributed by atoms with Crippen molar-refractivity contribution < 1.29 is 0 Å². The molecular formula is C9H12N4. The van der Waals surface area contributed by atoms with Gasteiger partial charge in [-0.15, -0.1) is 0 Å². The van der Waals surface area contributed by atoms with Gasteiger partial charge in [-0.05, 0) is 27.5 Å². The summed E-state index contributed by atoms with van der Waals surface area (Å²) >= 11 is 0. The van der Waals surface area contributed by atoms with Crippen LogP contribution in [0.2, 0.25) is 0 Å². The van der Waals surface area contributed by atoms with Gasteiger partial charge in [-0.25, -0.2) is 20.0 Å². The summed E-state index contributed by atoms with van der Waals surface area (Å²) < 4.78 is 0. The van der Waals surface area contributed by atoms with Crippen molar-refractivity contribution in [2.24, 2.45) is 9.98 Å². The van der Waals surface area contributed by atoms with Crippen molar-refractivity contribution >= 4 is 24.6 Å². The second-order valence-corrected chi connectivity index (χ2v) is 2.59. The van der Waals surface area contributed by atoms with E-state index in [2.05, 4.69) is 26.7 Å². The summed E-state index contributed by atoms with van der Waals surface area (Å²) in [6.07, 6.45) is 1.66. The van der Waals surface area contributed by atoms with Gasteiger partial charge in [-0.2, -0.15) is 0 Å². The summed E-state index contributed by atoms with van der Waals surface area (Å²) in [7, 11) is 0. The van der Waals surface area contributed by atoms with E-state index >= 15 is 0 Å². The molecule has 1 rings (SSSR count). The number of nitrogens with zero attached hydrogens (tertiary/aromatic N) is 4. The first-order valence-electron chi connectivity index (χ1n) is 3.99. The Kier molecular flexibility index (Phi) is 2.84. The second kappa shape index (κ2) is 3.89. The molecule has 68 valence electrons. The zero-order valence-corrected chi connectivity index (χ0v) is 8.07. The fourth-order valence-corrected chi connectivity index (χ4v) is 0.894. The Morgan fingerprint density at radius 1 is 1.15 bits per heavy atom. The maximum Gasteiger partial charge on any atom is 0.197 e. The maximum absolute atomic E-state index is 4.24. The van der Waals surface area contributed by atoms with E-state index < -0.39 is 0 Å². The van der Waals surface area contributed by atoms with Gasteiger partial charge in [-0.1, -0.05) is 0 Å². The minimum Gasteiger partial charge on any atom is -0.242 e. The van der Waals surface area contributed by atoms with Crippen molar-refractivity contribution in [1.82, 2.24) is 9.97 Å². The molecule has 0 radical (unpaired) electrons. The van der Waals surface area contributed by atoms with Gasteiger partial charge < -0.3 is 0 Å². The molecule has 0 aromatic carbocycles. The lowest BCUT2D eigenvalue weighted by atomic mass is 10.3. The first-order chi connectivity index (χ1) is 6.19. The van der Waals surface area contributed by atoms with Gasteiger partial charge in [-0.3, -0.25) is 0 Å². The number of aryl methyl sites for hydroxylation is 2.